The van der Waals surface area contributed by atoms with Crippen molar-refractivity contribution >= 4 is 11.2 Å². The minimum Gasteiger partial charge on any atom is -0.495 e. The molecular formula is C10H10N2O2. The smallest absolute Gasteiger partial charge is 0.278 e. The van der Waals surface area contributed by atoms with Gasteiger partial charge in [-0.15, -0.1) is 0 Å². The molecule has 0 bridgehead atoms. The molecule has 72 valence electrons. The Morgan fingerprint density at radius 1 is 1.36 bits per heavy atom. The standard InChI is InChI=1S/C10H10N2O2/c1-14-9-3-2-6-12-8(9)5-4-7(11)10(12)13/h2-6H,11H2,1H3. The highest BCUT2D eigenvalue weighted by Crippen LogP contribution is 2.17. The molecular weight excluding hydrogens is 180 g/mol. The van der Waals surface area contributed by atoms with E-state index in [9.17, 15) is 4.79 Å². The van der Waals surface area contributed by atoms with Crippen LogP contribution in [0.4, 0.5) is 5.69 Å². The average Bonchev–Trinajstić information content (AvgIpc) is 2.23. The molecule has 0 aliphatic rings. The third kappa shape index (κ3) is 1.12. The first-order valence-corrected chi connectivity index (χ1v) is 4.18. The van der Waals surface area contributed by atoms with Crippen LogP contribution in [0.1, 0.15) is 0 Å². The predicted octanol–water partition coefficient (Wildman–Crippen LogP) is 0.890. The van der Waals surface area contributed by atoms with E-state index in [4.69, 9.17) is 10.5 Å². The Hall–Kier alpha value is -1.97. The number of methoxy groups -OCH3 is 1. The quantitative estimate of drug-likeness (QED) is 0.726. The maximum absolute atomic E-state index is 11.6. The van der Waals surface area contributed by atoms with Gasteiger partial charge in [0.1, 0.15) is 5.75 Å². The first-order chi connectivity index (χ1) is 6.74. The Balaban J connectivity index is 2.93. The Morgan fingerprint density at radius 2 is 2.14 bits per heavy atom. The maximum atomic E-state index is 11.6. The average molecular weight is 190 g/mol. The van der Waals surface area contributed by atoms with Gasteiger partial charge in [0.15, 0.2) is 0 Å². The highest BCUT2D eigenvalue weighted by atomic mass is 16.5. The zero-order valence-electron chi connectivity index (χ0n) is 7.73. The number of pyridine rings is 2. The van der Waals surface area contributed by atoms with E-state index >= 15 is 0 Å². The minimum absolute atomic E-state index is 0.221. The number of nitrogen functional groups attached to an aromatic ring is 1. The number of rotatable bonds is 1. The first kappa shape index (κ1) is 8.62. The van der Waals surface area contributed by atoms with Crippen molar-refractivity contribution in [2.75, 3.05) is 12.8 Å². The van der Waals surface area contributed by atoms with Crippen molar-refractivity contribution in [2.45, 2.75) is 0 Å². The van der Waals surface area contributed by atoms with Gasteiger partial charge < -0.3 is 10.5 Å². The third-order valence-electron chi connectivity index (χ3n) is 2.10. The minimum atomic E-state index is -0.221. The van der Waals surface area contributed by atoms with Gasteiger partial charge in [0.25, 0.3) is 5.56 Å². The third-order valence-corrected chi connectivity index (χ3v) is 2.10. The SMILES string of the molecule is COc1cccn2c(=O)c(N)ccc12. The van der Waals surface area contributed by atoms with Crippen LogP contribution in [0.2, 0.25) is 0 Å². The molecule has 0 unspecified atom stereocenters. The van der Waals surface area contributed by atoms with Gasteiger partial charge >= 0.3 is 0 Å². The lowest BCUT2D eigenvalue weighted by atomic mass is 10.3. The fourth-order valence-electron chi connectivity index (χ4n) is 1.39. The molecule has 4 heteroatoms. The maximum Gasteiger partial charge on any atom is 0.278 e. The van der Waals surface area contributed by atoms with Crippen molar-refractivity contribution < 1.29 is 4.74 Å². The van der Waals surface area contributed by atoms with Crippen LogP contribution in [-0.2, 0) is 0 Å². The summed E-state index contributed by atoms with van der Waals surface area (Å²) < 4.78 is 6.59. The largest absolute Gasteiger partial charge is 0.495 e. The van der Waals surface area contributed by atoms with Gasteiger partial charge in [0.05, 0.1) is 18.3 Å². The molecule has 0 aromatic carbocycles. The molecule has 0 saturated carbocycles. The zero-order chi connectivity index (χ0) is 10.1. The van der Waals surface area contributed by atoms with Crippen LogP contribution < -0.4 is 16.0 Å². The number of hydrogen-bond donors (Lipinski definition) is 1. The molecule has 0 atom stereocenters. The number of nitrogens with two attached hydrogens (primary N) is 1. The van der Waals surface area contributed by atoms with Gasteiger partial charge in [0.2, 0.25) is 0 Å². The van der Waals surface area contributed by atoms with Gasteiger partial charge in [-0.25, -0.2) is 0 Å². The molecule has 2 rings (SSSR count). The van der Waals surface area contributed by atoms with Crippen LogP contribution in [-0.4, -0.2) is 11.5 Å². The van der Waals surface area contributed by atoms with Crippen LogP contribution >= 0.6 is 0 Å². The van der Waals surface area contributed by atoms with Crippen molar-refractivity contribution in [2.24, 2.45) is 0 Å². The predicted molar refractivity (Wildman–Crippen MR) is 54.6 cm³/mol. The lowest BCUT2D eigenvalue weighted by Crippen LogP contribution is -2.16. The Labute approximate surface area is 80.5 Å². The van der Waals surface area contributed by atoms with E-state index in [2.05, 4.69) is 0 Å². The zero-order valence-corrected chi connectivity index (χ0v) is 7.73. The van der Waals surface area contributed by atoms with Crippen LogP contribution in [0.5, 0.6) is 5.75 Å². The fraction of sp³-hybridized carbons (Fsp3) is 0.100. The molecule has 14 heavy (non-hydrogen) atoms. The summed E-state index contributed by atoms with van der Waals surface area (Å²) in [5, 5.41) is 0. The number of nitrogens with zero attached hydrogens (tertiary/aromatic N) is 1. The second kappa shape index (κ2) is 3.06. The second-order valence-electron chi connectivity index (χ2n) is 2.93. The number of aromatic nitrogens is 1. The molecule has 0 amide bonds. The summed E-state index contributed by atoms with van der Waals surface area (Å²) in [6, 6.07) is 6.88. The molecule has 0 saturated heterocycles. The summed E-state index contributed by atoms with van der Waals surface area (Å²) in [5.74, 6) is 0.657. The number of hydrogen-bond acceptors (Lipinski definition) is 3. The highest BCUT2D eigenvalue weighted by Gasteiger charge is 2.03. The van der Waals surface area contributed by atoms with Crippen LogP contribution in [0.25, 0.3) is 5.52 Å². The molecule has 4 nitrogen and oxygen atoms in total. The van der Waals surface area contributed by atoms with Gasteiger partial charge in [-0.3, -0.25) is 9.20 Å². The molecule has 2 heterocycles. The monoisotopic (exact) mass is 190 g/mol. The summed E-state index contributed by atoms with van der Waals surface area (Å²) in [6.07, 6.45) is 1.66. The molecule has 0 spiro atoms. The summed E-state index contributed by atoms with van der Waals surface area (Å²) in [7, 11) is 1.57. The van der Waals surface area contributed by atoms with E-state index in [1.165, 1.54) is 4.40 Å². The van der Waals surface area contributed by atoms with Gasteiger partial charge in [-0.1, -0.05) is 0 Å². The molecule has 0 fully saturated rings. The van der Waals surface area contributed by atoms with Gasteiger partial charge in [0, 0.05) is 6.20 Å². The summed E-state index contributed by atoms with van der Waals surface area (Å²) in [4.78, 5) is 11.6. The van der Waals surface area contributed by atoms with E-state index < -0.39 is 0 Å². The van der Waals surface area contributed by atoms with Crippen molar-refractivity contribution in [3.05, 3.63) is 40.8 Å². The lowest BCUT2D eigenvalue weighted by Gasteiger charge is -2.06. The molecule has 0 aliphatic carbocycles. The number of ether oxygens (including phenoxy) is 1. The number of fused-ring (bicyclic) bond motifs is 1. The van der Waals surface area contributed by atoms with E-state index in [1.807, 2.05) is 0 Å². The molecule has 2 aromatic rings. The Bertz CT molecular complexity index is 531. The summed E-state index contributed by atoms with van der Waals surface area (Å²) >= 11 is 0. The van der Waals surface area contributed by atoms with Crippen molar-refractivity contribution in [1.82, 2.24) is 4.40 Å². The Kier molecular flexibility index (Phi) is 1.89. The highest BCUT2D eigenvalue weighted by molar-refractivity contribution is 5.62. The van der Waals surface area contributed by atoms with Crippen molar-refractivity contribution in [3.8, 4) is 5.75 Å². The van der Waals surface area contributed by atoms with E-state index in [0.717, 1.165) is 0 Å². The summed E-state index contributed by atoms with van der Waals surface area (Å²) in [5.41, 5.74) is 6.23. The van der Waals surface area contributed by atoms with Crippen molar-refractivity contribution in [3.63, 3.8) is 0 Å². The number of anilines is 1. The normalized spacial score (nSPS) is 10.4. The molecule has 0 radical (unpaired) electrons. The van der Waals surface area contributed by atoms with Crippen molar-refractivity contribution in [1.29, 1.82) is 0 Å². The van der Waals surface area contributed by atoms with Crippen LogP contribution in [0.15, 0.2) is 35.3 Å². The first-order valence-electron chi connectivity index (χ1n) is 4.18. The van der Waals surface area contributed by atoms with Gasteiger partial charge in [-0.05, 0) is 24.3 Å². The van der Waals surface area contributed by atoms with Crippen LogP contribution in [0, 0.1) is 0 Å². The van der Waals surface area contributed by atoms with Gasteiger partial charge in [-0.2, -0.15) is 0 Å². The second-order valence-corrected chi connectivity index (χ2v) is 2.93. The molecule has 2 N–H and O–H groups in total. The fourth-order valence-corrected chi connectivity index (χ4v) is 1.39. The van der Waals surface area contributed by atoms with E-state index in [-0.39, 0.29) is 11.2 Å². The Morgan fingerprint density at radius 3 is 2.86 bits per heavy atom. The van der Waals surface area contributed by atoms with E-state index in [1.54, 1.807) is 37.6 Å². The lowest BCUT2D eigenvalue weighted by molar-refractivity contribution is 0.417. The summed E-state index contributed by atoms with van der Waals surface area (Å²) in [6.45, 7) is 0. The van der Waals surface area contributed by atoms with Crippen LogP contribution in [0.3, 0.4) is 0 Å². The molecule has 0 aliphatic heterocycles. The van der Waals surface area contributed by atoms with E-state index in [0.29, 0.717) is 11.3 Å². The molecule has 2 aromatic heterocycles. The topological polar surface area (TPSA) is 56.7 Å².